The summed E-state index contributed by atoms with van der Waals surface area (Å²) in [5.74, 6) is -0.0643. The molecule has 0 unspecified atom stereocenters. The van der Waals surface area contributed by atoms with Gasteiger partial charge in [-0.3, -0.25) is 15.0 Å². The quantitative estimate of drug-likeness (QED) is 0.135. The molecule has 2 aliphatic rings. The number of aromatic carboxylic acids is 1. The Morgan fingerprint density at radius 2 is 1.10 bits per heavy atom. The highest BCUT2D eigenvalue weighted by Gasteiger charge is 2.32. The van der Waals surface area contributed by atoms with Crippen molar-refractivity contribution < 1.29 is 14.7 Å². The number of carbonyl (C=O) groups is 2. The van der Waals surface area contributed by atoms with Crippen molar-refractivity contribution in [2.24, 2.45) is 0 Å². The second-order valence-corrected chi connectivity index (χ2v) is 13.6. The summed E-state index contributed by atoms with van der Waals surface area (Å²) in [6.07, 6.45) is 2.91. The predicted octanol–water partition coefficient (Wildman–Crippen LogP) is 6.99. The van der Waals surface area contributed by atoms with Gasteiger partial charge in [-0.2, -0.15) is 31.2 Å². The van der Waals surface area contributed by atoms with Gasteiger partial charge in [-0.05, 0) is 84.6 Å². The van der Waals surface area contributed by atoms with E-state index in [0.29, 0.717) is 64.1 Å². The van der Waals surface area contributed by atoms with Crippen molar-refractivity contribution >= 4 is 24.3 Å². The highest BCUT2D eigenvalue weighted by Crippen LogP contribution is 2.31. The molecule has 8 rings (SSSR count). The molecule has 4 heterocycles. The maximum absolute atomic E-state index is 12.9. The number of nitrogens with one attached hydrogen (secondary N) is 3. The van der Waals surface area contributed by atoms with E-state index in [-0.39, 0.29) is 23.9 Å². The molecular weight excluding hydrogens is 752 g/mol. The van der Waals surface area contributed by atoms with E-state index in [2.05, 4.69) is 43.9 Å². The summed E-state index contributed by atoms with van der Waals surface area (Å²) < 4.78 is 0. The van der Waals surface area contributed by atoms with Crippen LogP contribution in [0.1, 0.15) is 77.1 Å². The van der Waals surface area contributed by atoms with Crippen molar-refractivity contribution in [1.29, 1.82) is 21.0 Å². The Bertz CT molecular complexity index is 2590. The van der Waals surface area contributed by atoms with E-state index in [1.807, 2.05) is 91.5 Å². The minimum absolute atomic E-state index is 0. The van der Waals surface area contributed by atoms with E-state index in [0.717, 1.165) is 40.9 Å². The van der Waals surface area contributed by atoms with Gasteiger partial charge in [0.25, 0.3) is 5.91 Å². The first-order valence-corrected chi connectivity index (χ1v) is 18.0. The number of carboxylic acids is 1. The molecule has 2 fully saturated rings. The molecule has 2 aromatic heterocycles. The Morgan fingerprint density at radius 3 is 1.52 bits per heavy atom. The molecule has 0 bridgehead atoms. The summed E-state index contributed by atoms with van der Waals surface area (Å²) in [4.78, 5) is 25.6. The number of rotatable bonds is 6. The van der Waals surface area contributed by atoms with Crippen LogP contribution in [0.5, 0.6) is 0 Å². The van der Waals surface area contributed by atoms with E-state index in [4.69, 9.17) is 20.9 Å². The van der Waals surface area contributed by atoms with Gasteiger partial charge in [-0.25, -0.2) is 4.79 Å². The monoisotopic (exact) mass is 788 g/mol. The van der Waals surface area contributed by atoms with Gasteiger partial charge < -0.3 is 15.3 Å². The van der Waals surface area contributed by atoms with E-state index in [1.54, 1.807) is 6.07 Å². The Kier molecular flexibility index (Phi) is 13.5. The van der Waals surface area contributed by atoms with Crippen molar-refractivity contribution in [2.45, 2.75) is 25.7 Å². The number of hydrogen-bond donors (Lipinski definition) is 4. The number of amides is 1. The number of aryl methyl sites for hydroxylation is 2. The summed E-state index contributed by atoms with van der Waals surface area (Å²) >= 11 is 0. The van der Waals surface area contributed by atoms with Gasteiger partial charge in [0.2, 0.25) is 0 Å². The molecule has 1 amide bonds. The largest absolute Gasteiger partial charge is 0.478 e. The molecule has 4 aromatic carbocycles. The summed E-state index contributed by atoms with van der Waals surface area (Å²) in [6, 6.07) is 34.0. The van der Waals surface area contributed by atoms with Crippen LogP contribution < -0.4 is 5.32 Å². The molecular formula is C44H37ClN10O3. The number of aromatic amines is 2. The first-order valence-electron chi connectivity index (χ1n) is 18.0. The maximum atomic E-state index is 12.9. The van der Waals surface area contributed by atoms with Gasteiger partial charge in [0, 0.05) is 54.7 Å². The normalized spacial score (nSPS) is 12.8. The number of aromatic nitrogens is 4. The van der Waals surface area contributed by atoms with Crippen LogP contribution in [0.4, 0.5) is 0 Å². The van der Waals surface area contributed by atoms with E-state index >= 15 is 0 Å². The number of halogens is 1. The summed E-state index contributed by atoms with van der Waals surface area (Å²) in [6.45, 7) is 7.25. The number of nitrogens with zero attached hydrogens (tertiary/aromatic N) is 7. The van der Waals surface area contributed by atoms with Crippen LogP contribution in [-0.2, 0) is 0 Å². The molecule has 4 N–H and O–H groups in total. The Balaban J connectivity index is 0.000000181. The minimum Gasteiger partial charge on any atom is -0.478 e. The lowest BCUT2D eigenvalue weighted by Crippen LogP contribution is -2.48. The summed E-state index contributed by atoms with van der Waals surface area (Å²) in [5.41, 5.74) is 10.0. The van der Waals surface area contributed by atoms with E-state index < -0.39 is 5.97 Å². The van der Waals surface area contributed by atoms with Gasteiger partial charge in [0.05, 0.1) is 63.7 Å². The van der Waals surface area contributed by atoms with Crippen molar-refractivity contribution in [3.8, 4) is 46.8 Å². The third-order valence-electron chi connectivity index (χ3n) is 10.00. The lowest BCUT2D eigenvalue weighted by Gasteiger charge is -2.39. The molecule has 2 aliphatic heterocycles. The van der Waals surface area contributed by atoms with Crippen molar-refractivity contribution in [3.05, 3.63) is 153 Å². The number of hydrogen-bond acceptors (Lipinski definition) is 9. The van der Waals surface area contributed by atoms with Gasteiger partial charge in [0.15, 0.2) is 0 Å². The molecule has 13 nitrogen and oxygen atoms in total. The smallest absolute Gasteiger partial charge is 0.335 e. The number of carbonyl (C=O) groups excluding carboxylic acids is 1. The topological polar surface area (TPSA) is 222 Å². The molecule has 0 radical (unpaired) electrons. The van der Waals surface area contributed by atoms with Gasteiger partial charge in [-0.15, -0.1) is 12.4 Å². The van der Waals surface area contributed by atoms with Crippen LogP contribution in [0.2, 0.25) is 0 Å². The molecule has 0 aliphatic carbocycles. The van der Waals surface area contributed by atoms with Crippen LogP contribution in [0.15, 0.2) is 97.3 Å². The fourth-order valence-electron chi connectivity index (χ4n) is 6.42. The predicted molar refractivity (Wildman–Crippen MR) is 218 cm³/mol. The lowest BCUT2D eigenvalue weighted by atomic mass is 9.90. The van der Waals surface area contributed by atoms with Crippen molar-refractivity contribution in [2.75, 3.05) is 26.2 Å². The first kappa shape index (κ1) is 41.6. The molecule has 6 aromatic rings. The average Bonchev–Trinajstić information content (AvgIpc) is 3.88. The van der Waals surface area contributed by atoms with Crippen LogP contribution in [0.25, 0.3) is 22.5 Å². The minimum atomic E-state index is -0.996. The molecule has 0 saturated carbocycles. The van der Waals surface area contributed by atoms with Crippen molar-refractivity contribution in [1.82, 2.24) is 30.6 Å². The molecule has 288 valence electrons. The first-order chi connectivity index (χ1) is 27.6. The Hall–Kier alpha value is -7.55. The zero-order valence-corrected chi connectivity index (χ0v) is 32.3. The highest BCUT2D eigenvalue weighted by atomic mass is 35.5. The summed E-state index contributed by atoms with van der Waals surface area (Å²) in [7, 11) is 0. The number of carboxylic acid groups (broad SMARTS) is 1. The fraction of sp³-hybridized carbons (Fsp3) is 0.182. The van der Waals surface area contributed by atoms with Crippen LogP contribution >= 0.6 is 12.4 Å². The second kappa shape index (κ2) is 18.9. The summed E-state index contributed by atoms with van der Waals surface area (Å²) in [5, 5.41) is 61.1. The molecule has 2 saturated heterocycles. The van der Waals surface area contributed by atoms with Crippen LogP contribution in [0, 0.1) is 59.2 Å². The van der Waals surface area contributed by atoms with Crippen LogP contribution in [-0.4, -0.2) is 68.5 Å². The molecule has 0 spiro atoms. The van der Waals surface area contributed by atoms with Gasteiger partial charge in [-0.1, -0.05) is 36.4 Å². The maximum Gasteiger partial charge on any atom is 0.335 e. The SMILES string of the molecule is Cc1ccc(C(=O)N2CC(c3ccc(C#N)cc3)C2)cc1-c1[nH]ncc1C#N.Cc1ccc(C(=O)O)cc1-c1[nH]ncc1C#N.Cl.N#Cc1ccc(C2CNC2)cc1. The standard InChI is InChI=1S/C22H17N5O.C12H9N3O2.C10H10N2.ClH/c1-14-2-5-17(8-20(14)21-18(10-24)11-25-26-21)22(28)27-12-19(13-27)16-6-3-15(9-23)4-7-16;1-7-2-3-8(12(16)17)4-10(7)11-9(5-13)6-14-15-11;11-5-8-1-3-9(4-2-8)10-6-12-7-10;/h2-8,11,19H,12-13H2,1H3,(H,25,26);2-4,6H,1H3,(H,14,15)(H,16,17);1-4,10,12H,6-7H2;1H. The fourth-order valence-corrected chi connectivity index (χ4v) is 6.42. The molecule has 58 heavy (non-hydrogen) atoms. The lowest BCUT2D eigenvalue weighted by molar-refractivity contribution is 0.0601. The van der Waals surface area contributed by atoms with Gasteiger partial charge >= 0.3 is 5.97 Å². The number of benzene rings is 4. The average molecular weight is 789 g/mol. The van der Waals surface area contributed by atoms with Gasteiger partial charge in [0.1, 0.15) is 12.1 Å². The second-order valence-electron chi connectivity index (χ2n) is 13.6. The number of nitriles is 4. The van der Waals surface area contributed by atoms with Crippen molar-refractivity contribution in [3.63, 3.8) is 0 Å². The van der Waals surface area contributed by atoms with Crippen LogP contribution in [0.3, 0.4) is 0 Å². The number of H-pyrrole nitrogens is 2. The Morgan fingerprint density at radius 1 is 0.655 bits per heavy atom. The molecule has 0 atom stereocenters. The third kappa shape index (κ3) is 9.27. The highest BCUT2D eigenvalue weighted by molar-refractivity contribution is 5.96. The molecule has 14 heteroatoms. The zero-order chi connectivity index (χ0) is 40.5. The number of likely N-dealkylation sites (tertiary alicyclic amines) is 1. The Labute approximate surface area is 341 Å². The van der Waals surface area contributed by atoms with E-state index in [1.165, 1.54) is 30.1 Å². The van der Waals surface area contributed by atoms with E-state index in [9.17, 15) is 14.9 Å². The zero-order valence-electron chi connectivity index (χ0n) is 31.5. The third-order valence-corrected chi connectivity index (χ3v) is 10.00.